The molecule has 15 heteroatoms. The highest BCUT2D eigenvalue weighted by molar-refractivity contribution is 7.14. The largest absolute Gasteiger partial charge is 0.508 e. The Morgan fingerprint density at radius 2 is 1.66 bits per heavy atom. The highest BCUT2D eigenvalue weighted by atomic mass is 32.1. The number of aromatic nitrogens is 2. The van der Waals surface area contributed by atoms with Gasteiger partial charge in [0.25, 0.3) is 11.8 Å². The molecule has 3 aromatic heterocycles. The highest BCUT2D eigenvalue weighted by Crippen LogP contribution is 2.38. The van der Waals surface area contributed by atoms with Crippen molar-refractivity contribution in [1.29, 1.82) is 0 Å². The summed E-state index contributed by atoms with van der Waals surface area (Å²) in [6, 6.07) is 24.9. The molecule has 1 atom stereocenters. The molecule has 3 amide bonds. The minimum atomic E-state index is -0.828. The van der Waals surface area contributed by atoms with Crippen LogP contribution in [0.1, 0.15) is 53.3 Å². The highest BCUT2D eigenvalue weighted by Gasteiger charge is 2.33. The standard InChI is InChI=1S/C41H44N6O8S/c42-41(51)55-20-19-54-18-17-53-16-15-52-14-12-44-40(50)36-10-8-29(56-36)25-47-13-11-27-6-5-26(21-35(27)47)23-43-24-34-37(31-3-1-2-4-33(31)45-34)38-32-22-28(48)7-9-30(32)39(49)46-38/h1-11,13,21-22,38,43,45,48H,12,14-20,23-25H2,(H2,42,51)(H,44,50)(H,46,49). The van der Waals surface area contributed by atoms with Crippen LogP contribution in [0, 0.1) is 0 Å². The first-order chi connectivity index (χ1) is 27.3. The summed E-state index contributed by atoms with van der Waals surface area (Å²) in [6.07, 6.45) is 1.24. The normalized spacial score (nSPS) is 13.6. The number of hydrogen-bond donors (Lipinski definition) is 6. The lowest BCUT2D eigenvalue weighted by atomic mass is 9.95. The van der Waals surface area contributed by atoms with E-state index >= 15 is 0 Å². The second kappa shape index (κ2) is 18.3. The van der Waals surface area contributed by atoms with Gasteiger partial charge < -0.3 is 55.3 Å². The Labute approximate surface area is 326 Å². The number of fused-ring (bicyclic) bond motifs is 3. The van der Waals surface area contributed by atoms with Crippen molar-refractivity contribution in [1.82, 2.24) is 25.5 Å². The number of benzene rings is 3. The number of para-hydroxylation sites is 1. The molecule has 14 nitrogen and oxygen atoms in total. The summed E-state index contributed by atoms with van der Waals surface area (Å²) in [6.45, 7) is 4.44. The number of amides is 3. The van der Waals surface area contributed by atoms with Crippen LogP contribution in [0.4, 0.5) is 4.79 Å². The Morgan fingerprint density at radius 3 is 2.48 bits per heavy atom. The fourth-order valence-corrected chi connectivity index (χ4v) is 7.75. The Bertz CT molecular complexity index is 2320. The number of thiophene rings is 1. The van der Waals surface area contributed by atoms with Crippen molar-refractivity contribution in [2.24, 2.45) is 5.73 Å². The van der Waals surface area contributed by atoms with E-state index in [2.05, 4.69) is 66.8 Å². The molecular weight excluding hydrogens is 737 g/mol. The average Bonchev–Trinajstić information content (AvgIpc) is 3.98. The molecule has 4 heterocycles. The third-order valence-corrected chi connectivity index (χ3v) is 10.5. The Hall–Kier alpha value is -5.71. The zero-order valence-electron chi connectivity index (χ0n) is 30.7. The SMILES string of the molecule is NC(=O)OCCOCCOCCOCCNC(=O)c1ccc(Cn2ccc3ccc(CNCc4[nH]c5ccccc5c4C4NC(=O)c5ccc(O)cc54)cc32)s1. The molecule has 0 spiro atoms. The summed E-state index contributed by atoms with van der Waals surface area (Å²) >= 11 is 1.47. The molecule has 7 rings (SSSR count). The number of ether oxygens (including phenoxy) is 4. The Balaban J connectivity index is 0.885. The van der Waals surface area contributed by atoms with Gasteiger partial charge in [-0.25, -0.2) is 4.79 Å². The van der Waals surface area contributed by atoms with E-state index in [0.717, 1.165) is 49.1 Å². The predicted molar refractivity (Wildman–Crippen MR) is 212 cm³/mol. The van der Waals surface area contributed by atoms with Gasteiger partial charge in [0, 0.05) is 63.9 Å². The average molecular weight is 781 g/mol. The number of H-pyrrole nitrogens is 1. The van der Waals surface area contributed by atoms with E-state index < -0.39 is 6.09 Å². The van der Waals surface area contributed by atoms with Crippen molar-refractivity contribution in [3.8, 4) is 5.75 Å². The molecule has 0 saturated carbocycles. The number of carbonyl (C=O) groups is 3. The number of nitrogens with one attached hydrogen (secondary N) is 4. The summed E-state index contributed by atoms with van der Waals surface area (Å²) in [7, 11) is 0. The topological polar surface area (TPSA) is 191 Å². The van der Waals surface area contributed by atoms with Crippen LogP contribution in [-0.4, -0.2) is 85.4 Å². The van der Waals surface area contributed by atoms with E-state index in [4.69, 9.17) is 19.9 Å². The van der Waals surface area contributed by atoms with E-state index in [1.54, 1.807) is 18.2 Å². The number of phenolic OH excluding ortho intramolecular Hbond substituents is 1. The molecule has 0 saturated heterocycles. The molecule has 1 aliphatic rings. The predicted octanol–water partition coefficient (Wildman–Crippen LogP) is 4.94. The monoisotopic (exact) mass is 780 g/mol. The van der Waals surface area contributed by atoms with E-state index in [1.807, 2.05) is 30.3 Å². The number of phenols is 1. The molecule has 0 fully saturated rings. The van der Waals surface area contributed by atoms with Gasteiger partial charge in [-0.1, -0.05) is 30.3 Å². The molecular formula is C41H44N6O8S. The zero-order valence-corrected chi connectivity index (χ0v) is 31.5. The lowest BCUT2D eigenvalue weighted by Gasteiger charge is -2.15. The van der Waals surface area contributed by atoms with Gasteiger partial charge in [-0.05, 0) is 65.0 Å². The number of primary amides is 1. The smallest absolute Gasteiger partial charge is 0.404 e. The van der Waals surface area contributed by atoms with Gasteiger partial charge in [-0.2, -0.15) is 0 Å². The third-order valence-electron chi connectivity index (χ3n) is 9.41. The van der Waals surface area contributed by atoms with Gasteiger partial charge in [-0.3, -0.25) is 9.59 Å². The first kappa shape index (κ1) is 38.6. The number of nitrogens with two attached hydrogens (primary N) is 1. The summed E-state index contributed by atoms with van der Waals surface area (Å²) in [5, 5.41) is 22.0. The van der Waals surface area contributed by atoms with Gasteiger partial charge in [0.05, 0.1) is 57.1 Å². The van der Waals surface area contributed by atoms with E-state index in [1.165, 1.54) is 11.3 Å². The quantitative estimate of drug-likeness (QED) is 0.0583. The molecule has 0 radical (unpaired) electrons. The summed E-state index contributed by atoms with van der Waals surface area (Å²) in [5.41, 5.74) is 11.4. The van der Waals surface area contributed by atoms with Gasteiger partial charge >= 0.3 is 6.09 Å². The molecule has 1 aliphatic heterocycles. The fourth-order valence-electron chi connectivity index (χ4n) is 6.83. The van der Waals surface area contributed by atoms with E-state index in [-0.39, 0.29) is 36.8 Å². The van der Waals surface area contributed by atoms with Crippen LogP contribution in [0.25, 0.3) is 21.8 Å². The van der Waals surface area contributed by atoms with Crippen LogP contribution < -0.4 is 21.7 Å². The molecule has 0 aliphatic carbocycles. The van der Waals surface area contributed by atoms with Crippen LogP contribution in [0.3, 0.4) is 0 Å². The molecule has 292 valence electrons. The van der Waals surface area contributed by atoms with Gasteiger partial charge in [0.15, 0.2) is 0 Å². The second-order valence-corrected chi connectivity index (χ2v) is 14.4. The molecule has 6 aromatic rings. The van der Waals surface area contributed by atoms with Crippen molar-refractivity contribution in [2.75, 3.05) is 52.8 Å². The Kier molecular flexibility index (Phi) is 12.6. The van der Waals surface area contributed by atoms with Crippen LogP contribution in [0.15, 0.2) is 85.1 Å². The lowest BCUT2D eigenvalue weighted by molar-refractivity contribution is 0.00673. The number of carbonyl (C=O) groups excluding carboxylic acids is 3. The van der Waals surface area contributed by atoms with Gasteiger partial charge in [-0.15, -0.1) is 11.3 Å². The molecule has 1 unspecified atom stereocenters. The minimum Gasteiger partial charge on any atom is -0.508 e. The maximum atomic E-state index is 12.9. The number of nitrogens with zero attached hydrogens (tertiary/aromatic N) is 1. The minimum absolute atomic E-state index is 0.106. The lowest BCUT2D eigenvalue weighted by Crippen LogP contribution is -2.27. The molecule has 7 N–H and O–H groups in total. The van der Waals surface area contributed by atoms with Crippen LogP contribution in [-0.2, 0) is 38.6 Å². The number of rotatable bonds is 20. The van der Waals surface area contributed by atoms with E-state index in [0.29, 0.717) is 69.7 Å². The number of aromatic hydroxyl groups is 1. The maximum absolute atomic E-state index is 12.9. The number of hydrogen-bond acceptors (Lipinski definition) is 10. The van der Waals surface area contributed by atoms with Crippen molar-refractivity contribution in [3.05, 3.63) is 123 Å². The van der Waals surface area contributed by atoms with Crippen molar-refractivity contribution in [3.63, 3.8) is 0 Å². The molecule has 3 aromatic carbocycles. The number of aromatic amines is 1. The third kappa shape index (κ3) is 9.38. The van der Waals surface area contributed by atoms with E-state index in [9.17, 15) is 19.5 Å². The first-order valence-corrected chi connectivity index (χ1v) is 19.2. The van der Waals surface area contributed by atoms with Gasteiger partial charge in [0.1, 0.15) is 12.4 Å². The summed E-state index contributed by atoms with van der Waals surface area (Å²) in [4.78, 5) is 41.4. The first-order valence-electron chi connectivity index (χ1n) is 18.4. The summed E-state index contributed by atoms with van der Waals surface area (Å²) in [5.74, 6) is -0.166. The van der Waals surface area contributed by atoms with Crippen LogP contribution in [0.5, 0.6) is 5.75 Å². The fraction of sp³-hybridized carbons (Fsp3) is 0.293. The van der Waals surface area contributed by atoms with Gasteiger partial charge in [0.2, 0.25) is 0 Å². The Morgan fingerprint density at radius 1 is 0.875 bits per heavy atom. The molecule has 56 heavy (non-hydrogen) atoms. The summed E-state index contributed by atoms with van der Waals surface area (Å²) < 4.78 is 23.0. The zero-order chi connectivity index (χ0) is 38.9. The van der Waals surface area contributed by atoms with Crippen molar-refractivity contribution < 1.29 is 38.4 Å². The maximum Gasteiger partial charge on any atom is 0.404 e. The second-order valence-electron chi connectivity index (χ2n) is 13.2. The van der Waals surface area contributed by atoms with Crippen LogP contribution >= 0.6 is 11.3 Å². The van der Waals surface area contributed by atoms with Crippen LogP contribution in [0.2, 0.25) is 0 Å². The molecule has 0 bridgehead atoms. The van der Waals surface area contributed by atoms with Crippen molar-refractivity contribution >= 4 is 51.1 Å². The van der Waals surface area contributed by atoms with Crippen molar-refractivity contribution in [2.45, 2.75) is 25.7 Å².